The van der Waals surface area contributed by atoms with Crippen LogP contribution in [0.3, 0.4) is 0 Å². The molecular weight excluding hydrogens is 300 g/mol. The van der Waals surface area contributed by atoms with E-state index in [9.17, 15) is 5.11 Å². The van der Waals surface area contributed by atoms with Crippen LogP contribution in [0.15, 0.2) is 21.2 Å². The van der Waals surface area contributed by atoms with Crippen molar-refractivity contribution in [2.45, 2.75) is 31.0 Å². The fraction of sp³-hybridized carbons (Fsp3) is 0.692. The van der Waals surface area contributed by atoms with Crippen LogP contribution in [0.4, 0.5) is 0 Å². The van der Waals surface area contributed by atoms with Crippen molar-refractivity contribution < 1.29 is 19.0 Å². The van der Waals surface area contributed by atoms with Gasteiger partial charge in [-0.05, 0) is 40.8 Å². The molecule has 0 aromatic carbocycles. The maximum Gasteiger partial charge on any atom is 0.146 e. The summed E-state index contributed by atoms with van der Waals surface area (Å²) < 4.78 is 17.5. The van der Waals surface area contributed by atoms with E-state index in [4.69, 9.17) is 13.9 Å². The maximum atomic E-state index is 10.4. The molecule has 3 unspecified atom stereocenters. The van der Waals surface area contributed by atoms with Gasteiger partial charge in [-0.2, -0.15) is 0 Å². The predicted octanol–water partition coefficient (Wildman–Crippen LogP) is 2.66. The summed E-state index contributed by atoms with van der Waals surface area (Å²) in [6, 6.07) is 1.81. The van der Waals surface area contributed by atoms with Gasteiger partial charge in [-0.1, -0.05) is 0 Å². The lowest BCUT2D eigenvalue weighted by atomic mass is 9.81. The lowest BCUT2D eigenvalue weighted by Crippen LogP contribution is -2.41. The fourth-order valence-electron chi connectivity index (χ4n) is 2.93. The zero-order chi connectivity index (χ0) is 12.6. The third kappa shape index (κ3) is 2.25. The molecule has 3 heterocycles. The van der Waals surface area contributed by atoms with E-state index in [1.54, 1.807) is 6.26 Å². The summed E-state index contributed by atoms with van der Waals surface area (Å²) in [6.45, 7) is 2.09. The normalized spacial score (nSPS) is 34.0. The molecule has 0 bridgehead atoms. The van der Waals surface area contributed by atoms with Gasteiger partial charge in [0.25, 0.3) is 0 Å². The fourth-order valence-corrected chi connectivity index (χ4v) is 3.36. The first-order valence-corrected chi connectivity index (χ1v) is 7.12. The molecule has 1 N–H and O–H groups in total. The molecule has 5 heteroatoms. The number of halogens is 1. The van der Waals surface area contributed by atoms with Crippen LogP contribution < -0.4 is 0 Å². The van der Waals surface area contributed by atoms with Crippen LogP contribution in [0, 0.1) is 5.92 Å². The Morgan fingerprint density at radius 1 is 1.44 bits per heavy atom. The molecule has 1 spiro atoms. The van der Waals surface area contributed by atoms with Crippen LogP contribution in [0.25, 0.3) is 0 Å². The summed E-state index contributed by atoms with van der Waals surface area (Å²) in [5.41, 5.74) is -0.178. The van der Waals surface area contributed by atoms with Crippen LogP contribution in [-0.2, 0) is 9.47 Å². The Kier molecular flexibility index (Phi) is 3.49. The largest absolute Gasteiger partial charge is 0.465 e. The molecule has 0 amide bonds. The monoisotopic (exact) mass is 316 g/mol. The summed E-state index contributed by atoms with van der Waals surface area (Å²) in [5, 5.41) is 10.4. The standard InChI is InChI=1S/C13H17BrO4/c14-10-2-4-17-12(10)11(15)9-1-5-18-13(7-9)3-6-16-8-13/h2,4,9,11,15H,1,3,5-8H2. The lowest BCUT2D eigenvalue weighted by molar-refractivity contribution is -0.119. The van der Waals surface area contributed by atoms with Gasteiger partial charge in [-0.15, -0.1) is 0 Å². The summed E-state index contributed by atoms with van der Waals surface area (Å²) in [7, 11) is 0. The number of aliphatic hydroxyl groups excluding tert-OH is 1. The number of aliphatic hydroxyl groups is 1. The highest BCUT2D eigenvalue weighted by atomic mass is 79.9. The Morgan fingerprint density at radius 2 is 2.33 bits per heavy atom. The molecule has 2 fully saturated rings. The molecule has 4 nitrogen and oxygen atoms in total. The van der Waals surface area contributed by atoms with Gasteiger partial charge in [-0.3, -0.25) is 0 Å². The van der Waals surface area contributed by atoms with Crippen molar-refractivity contribution in [3.8, 4) is 0 Å². The average molecular weight is 317 g/mol. The van der Waals surface area contributed by atoms with Gasteiger partial charge < -0.3 is 19.0 Å². The third-order valence-electron chi connectivity index (χ3n) is 3.96. The van der Waals surface area contributed by atoms with E-state index >= 15 is 0 Å². The number of furan rings is 1. The molecule has 3 atom stereocenters. The van der Waals surface area contributed by atoms with Crippen LogP contribution in [0.2, 0.25) is 0 Å². The van der Waals surface area contributed by atoms with Crippen LogP contribution in [0.5, 0.6) is 0 Å². The highest BCUT2D eigenvalue weighted by molar-refractivity contribution is 9.10. The van der Waals surface area contributed by atoms with E-state index in [2.05, 4.69) is 15.9 Å². The molecule has 1 aromatic heterocycles. The molecule has 100 valence electrons. The number of rotatable bonds is 2. The van der Waals surface area contributed by atoms with Crippen LogP contribution in [0.1, 0.15) is 31.1 Å². The van der Waals surface area contributed by atoms with Crippen molar-refractivity contribution in [1.82, 2.24) is 0 Å². The second-order valence-corrected chi connectivity index (χ2v) is 6.02. The van der Waals surface area contributed by atoms with E-state index in [1.165, 1.54) is 0 Å². The molecular formula is C13H17BrO4. The molecule has 0 aliphatic carbocycles. The van der Waals surface area contributed by atoms with Gasteiger partial charge >= 0.3 is 0 Å². The molecule has 3 rings (SSSR count). The molecule has 2 aliphatic rings. The molecule has 0 saturated carbocycles. The Balaban J connectivity index is 1.74. The molecule has 0 radical (unpaired) electrons. The Labute approximate surface area is 114 Å². The number of hydrogen-bond donors (Lipinski definition) is 1. The van der Waals surface area contributed by atoms with E-state index in [0.29, 0.717) is 19.0 Å². The predicted molar refractivity (Wildman–Crippen MR) is 68.2 cm³/mol. The maximum absolute atomic E-state index is 10.4. The summed E-state index contributed by atoms with van der Waals surface area (Å²) in [5.74, 6) is 0.791. The first-order chi connectivity index (χ1) is 8.70. The quantitative estimate of drug-likeness (QED) is 0.911. The van der Waals surface area contributed by atoms with Gasteiger partial charge in [0, 0.05) is 19.6 Å². The Hall–Kier alpha value is -0.360. The molecule has 18 heavy (non-hydrogen) atoms. The van der Waals surface area contributed by atoms with Crippen LogP contribution >= 0.6 is 15.9 Å². The minimum Gasteiger partial charge on any atom is -0.465 e. The van der Waals surface area contributed by atoms with Gasteiger partial charge in [0.15, 0.2) is 0 Å². The molecule has 2 saturated heterocycles. The molecule has 1 aromatic rings. The molecule has 2 aliphatic heterocycles. The van der Waals surface area contributed by atoms with Crippen LogP contribution in [-0.4, -0.2) is 30.5 Å². The van der Waals surface area contributed by atoms with Crippen molar-refractivity contribution in [3.63, 3.8) is 0 Å². The first kappa shape index (κ1) is 12.7. The first-order valence-electron chi connectivity index (χ1n) is 6.33. The number of hydrogen-bond acceptors (Lipinski definition) is 4. The van der Waals surface area contributed by atoms with E-state index in [-0.39, 0.29) is 11.5 Å². The smallest absolute Gasteiger partial charge is 0.146 e. The highest BCUT2D eigenvalue weighted by Gasteiger charge is 2.43. The third-order valence-corrected chi connectivity index (χ3v) is 4.61. The minimum absolute atomic E-state index is 0.169. The van der Waals surface area contributed by atoms with Gasteiger partial charge in [-0.25, -0.2) is 0 Å². The van der Waals surface area contributed by atoms with Crippen molar-refractivity contribution >= 4 is 15.9 Å². The van der Waals surface area contributed by atoms with E-state index in [0.717, 1.165) is 30.3 Å². The minimum atomic E-state index is -0.573. The lowest BCUT2D eigenvalue weighted by Gasteiger charge is -2.38. The summed E-state index contributed by atoms with van der Waals surface area (Å²) in [6.07, 6.45) is 3.64. The SMILES string of the molecule is OC(c1occc1Br)C1CCOC2(CCOC2)C1. The summed E-state index contributed by atoms with van der Waals surface area (Å²) >= 11 is 3.40. The zero-order valence-corrected chi connectivity index (χ0v) is 11.7. The van der Waals surface area contributed by atoms with E-state index < -0.39 is 6.10 Å². The van der Waals surface area contributed by atoms with Gasteiger partial charge in [0.1, 0.15) is 11.9 Å². The second-order valence-electron chi connectivity index (χ2n) is 5.16. The van der Waals surface area contributed by atoms with Gasteiger partial charge in [0.2, 0.25) is 0 Å². The second kappa shape index (κ2) is 4.96. The Bertz CT molecular complexity index is 411. The highest BCUT2D eigenvalue weighted by Crippen LogP contribution is 2.42. The number of ether oxygens (including phenoxy) is 2. The van der Waals surface area contributed by atoms with Gasteiger partial charge in [0.05, 0.1) is 22.9 Å². The van der Waals surface area contributed by atoms with E-state index in [1.807, 2.05) is 6.07 Å². The average Bonchev–Trinajstić information content (AvgIpc) is 2.98. The Morgan fingerprint density at radius 3 is 3.00 bits per heavy atom. The van der Waals surface area contributed by atoms with Crippen molar-refractivity contribution in [2.24, 2.45) is 5.92 Å². The summed E-state index contributed by atoms with van der Waals surface area (Å²) in [4.78, 5) is 0. The van der Waals surface area contributed by atoms with Crippen molar-refractivity contribution in [1.29, 1.82) is 0 Å². The van der Waals surface area contributed by atoms with Crippen molar-refractivity contribution in [3.05, 3.63) is 22.6 Å². The topological polar surface area (TPSA) is 51.8 Å². The van der Waals surface area contributed by atoms with Crippen molar-refractivity contribution in [2.75, 3.05) is 19.8 Å². The zero-order valence-electron chi connectivity index (χ0n) is 10.1.